The van der Waals surface area contributed by atoms with Gasteiger partial charge < -0.3 is 4.57 Å². The first-order valence-corrected chi connectivity index (χ1v) is 12.6. The number of hydrogen-bond donors (Lipinski definition) is 0. The molecule has 0 spiro atoms. The Hall–Kier alpha value is -1.98. The number of hydrogen-bond acceptors (Lipinski definition) is 6. The number of halogens is 3. The Morgan fingerprint density at radius 1 is 1.23 bits per heavy atom. The molecule has 1 aliphatic rings. The summed E-state index contributed by atoms with van der Waals surface area (Å²) >= 11 is 2.83. The highest BCUT2D eigenvalue weighted by atomic mass is 32.2. The summed E-state index contributed by atoms with van der Waals surface area (Å²) in [4.78, 5) is 9.79. The number of thiophene rings is 2. The zero-order chi connectivity index (χ0) is 21.4. The smallest absolute Gasteiger partial charge is 0.325 e. The molecular formula is C19H16F3N3O2S3. The number of rotatable bonds is 4. The quantitative estimate of drug-likeness (QED) is 0.389. The monoisotopic (exact) mass is 471 g/mol. The standard InChI is InChI=1S/C19H16F3N3O2S3/c1-3-30(26,27)17-15-13(7-12(28-15)9-4-5-9)29-16(17)18-24-10-6-14(19(20,21)22)23-8-11(10)25(18)2/h6-9H,3-5H2,1-2H3. The first-order valence-electron chi connectivity index (χ1n) is 9.29. The lowest BCUT2D eigenvalue weighted by atomic mass is 10.3. The van der Waals surface area contributed by atoms with Gasteiger partial charge in [-0.3, -0.25) is 0 Å². The van der Waals surface area contributed by atoms with Crippen LogP contribution < -0.4 is 0 Å². The van der Waals surface area contributed by atoms with Crippen LogP contribution in [0.25, 0.3) is 31.1 Å². The van der Waals surface area contributed by atoms with E-state index in [2.05, 4.69) is 9.97 Å². The highest BCUT2D eigenvalue weighted by molar-refractivity contribution is 7.92. The molecule has 1 saturated carbocycles. The van der Waals surface area contributed by atoms with Crippen LogP contribution in [0.5, 0.6) is 0 Å². The van der Waals surface area contributed by atoms with Gasteiger partial charge in [0.15, 0.2) is 15.7 Å². The summed E-state index contributed by atoms with van der Waals surface area (Å²) in [6.45, 7) is 1.59. The Morgan fingerprint density at radius 3 is 2.60 bits per heavy atom. The van der Waals surface area contributed by atoms with Gasteiger partial charge in [-0.15, -0.1) is 22.7 Å². The molecule has 4 aromatic heterocycles. The Kier molecular flexibility index (Phi) is 4.33. The third kappa shape index (κ3) is 3.05. The van der Waals surface area contributed by atoms with Gasteiger partial charge in [-0.25, -0.2) is 18.4 Å². The van der Waals surface area contributed by atoms with Crippen molar-refractivity contribution >= 4 is 52.9 Å². The second-order valence-corrected chi connectivity index (χ2v) is 11.7. The van der Waals surface area contributed by atoms with E-state index in [-0.39, 0.29) is 16.2 Å². The fourth-order valence-electron chi connectivity index (χ4n) is 3.48. The van der Waals surface area contributed by atoms with Gasteiger partial charge in [0.05, 0.1) is 32.6 Å². The van der Waals surface area contributed by atoms with E-state index in [0.29, 0.717) is 22.1 Å². The topological polar surface area (TPSA) is 64.8 Å². The summed E-state index contributed by atoms with van der Waals surface area (Å²) in [5.74, 6) is 0.782. The molecule has 4 heterocycles. The van der Waals surface area contributed by atoms with E-state index in [1.165, 1.54) is 27.6 Å². The van der Waals surface area contributed by atoms with Crippen molar-refractivity contribution in [2.24, 2.45) is 7.05 Å². The number of aromatic nitrogens is 3. The van der Waals surface area contributed by atoms with E-state index in [0.717, 1.165) is 34.5 Å². The van der Waals surface area contributed by atoms with E-state index >= 15 is 0 Å². The molecule has 30 heavy (non-hydrogen) atoms. The lowest BCUT2D eigenvalue weighted by molar-refractivity contribution is -0.141. The molecule has 0 amide bonds. The van der Waals surface area contributed by atoms with Crippen LogP contribution >= 0.6 is 22.7 Å². The molecule has 0 unspecified atom stereocenters. The summed E-state index contributed by atoms with van der Waals surface area (Å²) in [6, 6.07) is 2.94. The minimum absolute atomic E-state index is 0.0633. The zero-order valence-corrected chi connectivity index (χ0v) is 18.4. The summed E-state index contributed by atoms with van der Waals surface area (Å²) in [6.07, 6.45) is -1.21. The van der Waals surface area contributed by atoms with Crippen LogP contribution in [0.1, 0.15) is 36.3 Å². The summed E-state index contributed by atoms with van der Waals surface area (Å²) in [5.41, 5.74) is -0.486. The lowest BCUT2D eigenvalue weighted by Crippen LogP contribution is -2.07. The second kappa shape index (κ2) is 6.51. The molecule has 4 aromatic rings. The van der Waals surface area contributed by atoms with Crippen molar-refractivity contribution in [1.29, 1.82) is 0 Å². The normalized spacial score (nSPS) is 15.5. The fraction of sp³-hybridized carbons (Fsp3) is 0.368. The van der Waals surface area contributed by atoms with Gasteiger partial charge in [-0.2, -0.15) is 13.2 Å². The molecule has 1 aliphatic carbocycles. The third-order valence-electron chi connectivity index (χ3n) is 5.27. The minimum Gasteiger partial charge on any atom is -0.325 e. The van der Waals surface area contributed by atoms with Crippen molar-refractivity contribution in [3.05, 3.63) is 28.9 Å². The fourth-order valence-corrected chi connectivity index (χ4v) is 8.23. The van der Waals surface area contributed by atoms with Crippen molar-refractivity contribution < 1.29 is 21.6 Å². The predicted molar refractivity (Wildman–Crippen MR) is 112 cm³/mol. The number of sulfone groups is 1. The van der Waals surface area contributed by atoms with Crippen LogP contribution in [0.15, 0.2) is 23.2 Å². The van der Waals surface area contributed by atoms with Gasteiger partial charge in [-0.05, 0) is 30.9 Å². The maximum Gasteiger partial charge on any atom is 0.433 e. The Bertz CT molecular complexity index is 1410. The van der Waals surface area contributed by atoms with Crippen molar-refractivity contribution in [2.45, 2.75) is 36.8 Å². The van der Waals surface area contributed by atoms with Crippen LogP contribution in [0.3, 0.4) is 0 Å². The molecule has 0 N–H and O–H groups in total. The number of aryl methyl sites for hydroxylation is 1. The lowest BCUT2D eigenvalue weighted by Gasteiger charge is -2.06. The number of imidazole rings is 1. The van der Waals surface area contributed by atoms with Crippen LogP contribution in [0.4, 0.5) is 13.2 Å². The van der Waals surface area contributed by atoms with Crippen LogP contribution in [-0.2, 0) is 23.1 Å². The number of alkyl halides is 3. The molecular weight excluding hydrogens is 455 g/mol. The van der Waals surface area contributed by atoms with Gasteiger partial charge in [0.1, 0.15) is 10.6 Å². The number of pyridine rings is 1. The Labute approximate surface area is 178 Å². The molecule has 5 rings (SSSR count). The minimum atomic E-state index is -4.58. The highest BCUT2D eigenvalue weighted by Crippen LogP contribution is 2.51. The third-order valence-corrected chi connectivity index (χ3v) is 9.90. The molecule has 0 bridgehead atoms. The van der Waals surface area contributed by atoms with E-state index in [1.807, 2.05) is 6.07 Å². The van der Waals surface area contributed by atoms with Gasteiger partial charge in [0, 0.05) is 16.6 Å². The summed E-state index contributed by atoms with van der Waals surface area (Å²) in [7, 11) is -1.91. The van der Waals surface area contributed by atoms with Gasteiger partial charge >= 0.3 is 6.18 Å². The van der Waals surface area contributed by atoms with Crippen LogP contribution in [-0.4, -0.2) is 28.7 Å². The second-order valence-electron chi connectivity index (χ2n) is 7.33. The van der Waals surface area contributed by atoms with E-state index in [4.69, 9.17) is 0 Å². The van der Waals surface area contributed by atoms with Crippen molar-refractivity contribution in [3.63, 3.8) is 0 Å². The molecule has 158 valence electrons. The van der Waals surface area contributed by atoms with Gasteiger partial charge in [-0.1, -0.05) is 6.92 Å². The number of nitrogens with zero attached hydrogens (tertiary/aromatic N) is 3. The molecule has 0 saturated heterocycles. The molecule has 0 atom stereocenters. The maximum absolute atomic E-state index is 13.0. The molecule has 0 radical (unpaired) electrons. The van der Waals surface area contributed by atoms with Crippen LogP contribution in [0.2, 0.25) is 0 Å². The maximum atomic E-state index is 13.0. The average molecular weight is 472 g/mol. The molecule has 5 nitrogen and oxygen atoms in total. The van der Waals surface area contributed by atoms with Gasteiger partial charge in [0.2, 0.25) is 0 Å². The Balaban J connectivity index is 1.76. The average Bonchev–Trinajstić information content (AvgIpc) is 3.24. The zero-order valence-electron chi connectivity index (χ0n) is 15.9. The van der Waals surface area contributed by atoms with E-state index in [1.54, 1.807) is 18.5 Å². The first-order chi connectivity index (χ1) is 14.1. The van der Waals surface area contributed by atoms with Crippen LogP contribution in [0, 0.1) is 0 Å². The van der Waals surface area contributed by atoms with Crippen molar-refractivity contribution in [3.8, 4) is 10.7 Å². The molecule has 0 aromatic carbocycles. The SMILES string of the molecule is CCS(=O)(=O)c1c(-c2nc3cc(C(F)(F)F)ncc3n2C)sc2cc(C3CC3)sc12. The first kappa shape index (κ1) is 20.0. The highest BCUT2D eigenvalue weighted by Gasteiger charge is 2.34. The Morgan fingerprint density at radius 2 is 1.97 bits per heavy atom. The molecule has 1 fully saturated rings. The number of fused-ring (bicyclic) bond motifs is 2. The molecule has 11 heteroatoms. The van der Waals surface area contributed by atoms with Crippen molar-refractivity contribution in [2.75, 3.05) is 5.75 Å². The van der Waals surface area contributed by atoms with E-state index < -0.39 is 21.7 Å². The van der Waals surface area contributed by atoms with Crippen molar-refractivity contribution in [1.82, 2.24) is 14.5 Å². The largest absolute Gasteiger partial charge is 0.433 e. The van der Waals surface area contributed by atoms with Gasteiger partial charge in [0.25, 0.3) is 0 Å². The summed E-state index contributed by atoms with van der Waals surface area (Å²) in [5, 5.41) is 0. The summed E-state index contributed by atoms with van der Waals surface area (Å²) < 4.78 is 68.3. The van der Waals surface area contributed by atoms with E-state index in [9.17, 15) is 21.6 Å². The predicted octanol–water partition coefficient (Wildman–Crippen LogP) is 5.60. The molecule has 0 aliphatic heterocycles.